The van der Waals surface area contributed by atoms with Crippen molar-refractivity contribution in [2.45, 2.75) is 25.4 Å². The molecule has 1 atom stereocenters. The quantitative estimate of drug-likeness (QED) is 0.866. The summed E-state index contributed by atoms with van der Waals surface area (Å²) in [6, 6.07) is 7.80. The summed E-state index contributed by atoms with van der Waals surface area (Å²) in [5.74, 6) is 0. The SMILES string of the molecule is CC1(O)CCCN(c2cc(Br)cc(C#N)c2)C1. The van der Waals surface area contributed by atoms with Crippen molar-refractivity contribution in [3.8, 4) is 6.07 Å². The monoisotopic (exact) mass is 294 g/mol. The van der Waals surface area contributed by atoms with Gasteiger partial charge in [-0.3, -0.25) is 0 Å². The Bertz CT molecular complexity index is 465. The fraction of sp³-hybridized carbons (Fsp3) is 0.462. The highest BCUT2D eigenvalue weighted by molar-refractivity contribution is 9.10. The highest BCUT2D eigenvalue weighted by atomic mass is 79.9. The molecule has 0 aromatic heterocycles. The number of nitrogens with zero attached hydrogens (tertiary/aromatic N) is 2. The summed E-state index contributed by atoms with van der Waals surface area (Å²) in [5, 5.41) is 19.0. The van der Waals surface area contributed by atoms with Crippen LogP contribution in [0.3, 0.4) is 0 Å². The molecule has 3 nitrogen and oxygen atoms in total. The minimum Gasteiger partial charge on any atom is -0.388 e. The van der Waals surface area contributed by atoms with Gasteiger partial charge in [0.15, 0.2) is 0 Å². The second kappa shape index (κ2) is 4.67. The molecule has 1 N–H and O–H groups in total. The van der Waals surface area contributed by atoms with Gasteiger partial charge < -0.3 is 10.0 Å². The van der Waals surface area contributed by atoms with Crippen molar-refractivity contribution in [2.24, 2.45) is 0 Å². The van der Waals surface area contributed by atoms with Gasteiger partial charge in [0.05, 0.1) is 17.2 Å². The van der Waals surface area contributed by atoms with Crippen LogP contribution in [0.25, 0.3) is 0 Å². The molecule has 1 heterocycles. The summed E-state index contributed by atoms with van der Waals surface area (Å²) in [7, 11) is 0. The number of anilines is 1. The average Bonchev–Trinajstić information content (AvgIpc) is 2.27. The molecule has 1 aliphatic rings. The molecular formula is C13H15BrN2O. The van der Waals surface area contributed by atoms with Crippen LogP contribution in [0.1, 0.15) is 25.3 Å². The number of piperidine rings is 1. The molecule has 1 fully saturated rings. The maximum absolute atomic E-state index is 10.1. The minimum atomic E-state index is -0.632. The Morgan fingerprint density at radius 3 is 2.88 bits per heavy atom. The number of hydrogen-bond donors (Lipinski definition) is 1. The van der Waals surface area contributed by atoms with E-state index in [4.69, 9.17) is 5.26 Å². The Morgan fingerprint density at radius 1 is 1.47 bits per heavy atom. The Balaban J connectivity index is 2.28. The lowest BCUT2D eigenvalue weighted by Gasteiger charge is -2.38. The lowest BCUT2D eigenvalue weighted by Crippen LogP contribution is -2.46. The van der Waals surface area contributed by atoms with Gasteiger partial charge in [-0.15, -0.1) is 0 Å². The van der Waals surface area contributed by atoms with E-state index in [9.17, 15) is 5.11 Å². The predicted molar refractivity (Wildman–Crippen MR) is 70.9 cm³/mol. The zero-order valence-corrected chi connectivity index (χ0v) is 11.4. The number of benzene rings is 1. The van der Waals surface area contributed by atoms with Gasteiger partial charge in [0.25, 0.3) is 0 Å². The molecule has 0 amide bonds. The smallest absolute Gasteiger partial charge is 0.0992 e. The van der Waals surface area contributed by atoms with E-state index in [1.165, 1.54) is 0 Å². The van der Waals surface area contributed by atoms with E-state index in [-0.39, 0.29) is 0 Å². The highest BCUT2D eigenvalue weighted by Gasteiger charge is 2.28. The molecule has 1 aromatic carbocycles. The number of rotatable bonds is 1. The first kappa shape index (κ1) is 12.4. The largest absolute Gasteiger partial charge is 0.388 e. The Morgan fingerprint density at radius 2 is 2.24 bits per heavy atom. The summed E-state index contributed by atoms with van der Waals surface area (Å²) in [5.41, 5.74) is 1.00. The zero-order valence-electron chi connectivity index (χ0n) is 9.78. The van der Waals surface area contributed by atoms with Crippen molar-refractivity contribution < 1.29 is 5.11 Å². The van der Waals surface area contributed by atoms with E-state index < -0.39 is 5.60 Å². The molecule has 1 saturated heterocycles. The lowest BCUT2D eigenvalue weighted by molar-refractivity contribution is 0.0449. The van der Waals surface area contributed by atoms with Crippen molar-refractivity contribution in [1.82, 2.24) is 0 Å². The summed E-state index contributed by atoms with van der Waals surface area (Å²) in [6.45, 7) is 3.41. The molecule has 0 radical (unpaired) electrons. The number of hydrogen-bond acceptors (Lipinski definition) is 3. The molecule has 4 heteroatoms. The molecule has 0 aliphatic carbocycles. The fourth-order valence-corrected chi connectivity index (χ4v) is 2.74. The molecule has 1 aliphatic heterocycles. The summed E-state index contributed by atoms with van der Waals surface area (Å²) in [6.07, 6.45) is 1.81. The summed E-state index contributed by atoms with van der Waals surface area (Å²) < 4.78 is 0.900. The molecule has 1 aromatic rings. The number of aliphatic hydroxyl groups is 1. The van der Waals surface area contributed by atoms with Crippen molar-refractivity contribution >= 4 is 21.6 Å². The van der Waals surface area contributed by atoms with Crippen LogP contribution in [0.5, 0.6) is 0 Å². The van der Waals surface area contributed by atoms with Gasteiger partial charge in [-0.1, -0.05) is 15.9 Å². The Labute approximate surface area is 110 Å². The van der Waals surface area contributed by atoms with Gasteiger partial charge in [-0.05, 0) is 38.0 Å². The second-order valence-corrected chi connectivity index (χ2v) is 5.75. The van der Waals surface area contributed by atoms with Gasteiger partial charge in [-0.25, -0.2) is 0 Å². The first-order valence-corrected chi connectivity index (χ1v) is 6.47. The second-order valence-electron chi connectivity index (χ2n) is 4.83. The number of nitriles is 1. The van der Waals surface area contributed by atoms with Crippen molar-refractivity contribution in [2.75, 3.05) is 18.0 Å². The fourth-order valence-electron chi connectivity index (χ4n) is 2.26. The first-order valence-electron chi connectivity index (χ1n) is 5.68. The van der Waals surface area contributed by atoms with Crippen LogP contribution in [0.2, 0.25) is 0 Å². The topological polar surface area (TPSA) is 47.3 Å². The van der Waals surface area contributed by atoms with E-state index in [1.807, 2.05) is 19.1 Å². The van der Waals surface area contributed by atoms with Crippen LogP contribution in [0, 0.1) is 11.3 Å². The van der Waals surface area contributed by atoms with Gasteiger partial charge in [0.2, 0.25) is 0 Å². The van der Waals surface area contributed by atoms with E-state index in [1.54, 1.807) is 6.07 Å². The number of β-amino-alcohol motifs (C(OH)–C–C–N with tert-alkyl or cyclic N) is 1. The van der Waals surface area contributed by atoms with Crippen LogP contribution >= 0.6 is 15.9 Å². The van der Waals surface area contributed by atoms with Crippen LogP contribution in [0.4, 0.5) is 5.69 Å². The van der Waals surface area contributed by atoms with Gasteiger partial charge in [0.1, 0.15) is 0 Å². The normalized spacial score (nSPS) is 24.5. The molecule has 2 rings (SSSR count). The molecule has 17 heavy (non-hydrogen) atoms. The zero-order chi connectivity index (χ0) is 12.5. The van der Waals surface area contributed by atoms with Crippen molar-refractivity contribution in [1.29, 1.82) is 5.26 Å². The lowest BCUT2D eigenvalue weighted by atomic mass is 9.94. The Kier molecular flexibility index (Phi) is 3.41. The summed E-state index contributed by atoms with van der Waals surface area (Å²) in [4.78, 5) is 2.13. The minimum absolute atomic E-state index is 0.619. The van der Waals surface area contributed by atoms with Crippen LogP contribution in [-0.2, 0) is 0 Å². The maximum atomic E-state index is 10.1. The molecule has 0 bridgehead atoms. The summed E-state index contributed by atoms with van der Waals surface area (Å²) >= 11 is 3.41. The van der Waals surface area contributed by atoms with Gasteiger partial charge in [0, 0.05) is 23.2 Å². The Hall–Kier alpha value is -1.05. The average molecular weight is 295 g/mol. The third-order valence-corrected chi connectivity index (χ3v) is 3.51. The standard InChI is InChI=1S/C13H15BrN2O/c1-13(17)3-2-4-16(9-13)12-6-10(8-15)5-11(14)7-12/h5-7,17H,2-4,9H2,1H3. The molecule has 0 spiro atoms. The first-order chi connectivity index (χ1) is 8.00. The van der Waals surface area contributed by atoms with E-state index in [0.29, 0.717) is 12.1 Å². The predicted octanol–water partition coefficient (Wildman–Crippen LogP) is 2.67. The molecular weight excluding hydrogens is 280 g/mol. The van der Waals surface area contributed by atoms with E-state index in [0.717, 1.165) is 29.5 Å². The van der Waals surface area contributed by atoms with Crippen molar-refractivity contribution in [3.05, 3.63) is 28.2 Å². The van der Waals surface area contributed by atoms with E-state index in [2.05, 4.69) is 26.9 Å². The molecule has 90 valence electrons. The van der Waals surface area contributed by atoms with Gasteiger partial charge >= 0.3 is 0 Å². The van der Waals surface area contributed by atoms with Crippen LogP contribution < -0.4 is 4.90 Å². The maximum Gasteiger partial charge on any atom is 0.0992 e. The molecule has 0 saturated carbocycles. The van der Waals surface area contributed by atoms with E-state index >= 15 is 0 Å². The van der Waals surface area contributed by atoms with Crippen LogP contribution in [0.15, 0.2) is 22.7 Å². The molecule has 1 unspecified atom stereocenters. The third kappa shape index (κ3) is 2.99. The van der Waals surface area contributed by atoms with Crippen LogP contribution in [-0.4, -0.2) is 23.8 Å². The number of halogens is 1. The third-order valence-electron chi connectivity index (χ3n) is 3.05. The van der Waals surface area contributed by atoms with Gasteiger partial charge in [-0.2, -0.15) is 5.26 Å². The highest BCUT2D eigenvalue weighted by Crippen LogP contribution is 2.28. The van der Waals surface area contributed by atoms with Crippen molar-refractivity contribution in [3.63, 3.8) is 0 Å².